The lowest BCUT2D eigenvalue weighted by Crippen LogP contribution is -2.43. The van der Waals surface area contributed by atoms with Crippen molar-refractivity contribution >= 4 is 24.4 Å². The Hall–Kier alpha value is -2.62. The van der Waals surface area contributed by atoms with Crippen molar-refractivity contribution in [1.82, 2.24) is 15.5 Å². The molecular weight excluding hydrogens is 490 g/mol. The van der Waals surface area contributed by atoms with E-state index in [9.17, 15) is 24.3 Å². The van der Waals surface area contributed by atoms with Crippen LogP contribution in [-0.2, 0) is 23.9 Å². The standard InChI is InChI=1S/C14H25NO3.C12H22N2O4.C2H6/c1-4-6-7-8-9-10-12(3)13(15-11-16)14(17)18-5-2;1-8-5-9(15)7-14(8)10(16)6-13-11(17)18-12(2,3)4;1-2/h9-13H,4-8H2,1-3H3,(H,15,16);8-9,15H,5-7H2,1-4H3,(H,13,17);1-2H3/b10-9-;;. The number of nitrogens with one attached hydrogen (secondary N) is 2. The number of ether oxygens (including phenoxy) is 2. The van der Waals surface area contributed by atoms with Gasteiger partial charge in [0.1, 0.15) is 18.2 Å². The van der Waals surface area contributed by atoms with Gasteiger partial charge in [-0.05, 0) is 53.9 Å². The molecule has 0 aliphatic carbocycles. The monoisotopic (exact) mass is 543 g/mol. The van der Waals surface area contributed by atoms with E-state index in [0.29, 0.717) is 26.0 Å². The summed E-state index contributed by atoms with van der Waals surface area (Å²) in [4.78, 5) is 46.9. The van der Waals surface area contributed by atoms with E-state index in [0.717, 1.165) is 12.8 Å². The predicted molar refractivity (Wildman–Crippen MR) is 149 cm³/mol. The van der Waals surface area contributed by atoms with Gasteiger partial charge in [0.25, 0.3) is 0 Å². The number of unbranched alkanes of at least 4 members (excludes halogenated alkanes) is 3. The molecule has 1 heterocycles. The second kappa shape index (κ2) is 21.3. The number of alkyl carbamates (subject to hydrolysis) is 1. The SMILES string of the molecule is CC.CC1CC(O)CN1C(=O)CNC(=O)OC(C)(C)C.CCCCC/C=C\C(C)C(NC=O)C(=O)OCC. The van der Waals surface area contributed by atoms with Gasteiger partial charge in [0.15, 0.2) is 0 Å². The van der Waals surface area contributed by atoms with Gasteiger partial charge in [-0.25, -0.2) is 9.59 Å². The molecule has 222 valence electrons. The van der Waals surface area contributed by atoms with Crippen molar-refractivity contribution in [1.29, 1.82) is 0 Å². The number of likely N-dealkylation sites (tertiary alicyclic amines) is 1. The summed E-state index contributed by atoms with van der Waals surface area (Å²) in [6, 6.07) is -0.585. The molecule has 0 aromatic rings. The number of esters is 1. The Morgan fingerprint density at radius 3 is 2.26 bits per heavy atom. The van der Waals surface area contributed by atoms with Gasteiger partial charge in [-0.15, -0.1) is 0 Å². The highest BCUT2D eigenvalue weighted by atomic mass is 16.6. The zero-order valence-electron chi connectivity index (χ0n) is 25.0. The second-order valence-corrected chi connectivity index (χ2v) is 9.94. The van der Waals surface area contributed by atoms with Crippen LogP contribution in [0.15, 0.2) is 12.2 Å². The largest absolute Gasteiger partial charge is 0.464 e. The van der Waals surface area contributed by atoms with Crippen molar-refractivity contribution in [3.05, 3.63) is 12.2 Å². The van der Waals surface area contributed by atoms with Gasteiger partial charge >= 0.3 is 12.1 Å². The fraction of sp³-hybridized carbons (Fsp3) is 0.786. The highest BCUT2D eigenvalue weighted by Crippen LogP contribution is 2.17. The Bertz CT molecular complexity index is 707. The van der Waals surface area contributed by atoms with E-state index in [-0.39, 0.29) is 30.4 Å². The minimum absolute atomic E-state index is 0.00735. The van der Waals surface area contributed by atoms with E-state index in [1.54, 1.807) is 32.6 Å². The molecule has 1 fully saturated rings. The lowest BCUT2D eigenvalue weighted by atomic mass is 10.0. The minimum atomic E-state index is -0.608. The van der Waals surface area contributed by atoms with Gasteiger partial charge in [-0.3, -0.25) is 9.59 Å². The zero-order valence-corrected chi connectivity index (χ0v) is 25.0. The molecule has 38 heavy (non-hydrogen) atoms. The summed E-state index contributed by atoms with van der Waals surface area (Å²) >= 11 is 0. The molecule has 1 aliphatic rings. The van der Waals surface area contributed by atoms with Crippen LogP contribution >= 0.6 is 0 Å². The summed E-state index contributed by atoms with van der Waals surface area (Å²) < 4.78 is 9.96. The lowest BCUT2D eigenvalue weighted by molar-refractivity contribution is -0.147. The van der Waals surface area contributed by atoms with Crippen LogP contribution in [0, 0.1) is 5.92 Å². The maximum absolute atomic E-state index is 11.8. The van der Waals surface area contributed by atoms with Crippen molar-refractivity contribution < 1.29 is 33.8 Å². The number of rotatable bonds is 12. The highest BCUT2D eigenvalue weighted by molar-refractivity contribution is 5.82. The molecule has 0 radical (unpaired) electrons. The fourth-order valence-corrected chi connectivity index (χ4v) is 3.59. The summed E-state index contributed by atoms with van der Waals surface area (Å²) in [6.07, 6.45) is 8.66. The number of allylic oxidation sites excluding steroid dienone is 1. The van der Waals surface area contributed by atoms with E-state index in [1.165, 1.54) is 12.8 Å². The number of hydrogen-bond donors (Lipinski definition) is 3. The van der Waals surface area contributed by atoms with Gasteiger partial charge in [0.05, 0.1) is 12.7 Å². The molecule has 0 saturated carbocycles. The third kappa shape index (κ3) is 17.8. The molecule has 1 saturated heterocycles. The Morgan fingerprint density at radius 1 is 1.16 bits per heavy atom. The number of carbonyl (C=O) groups is 4. The second-order valence-electron chi connectivity index (χ2n) is 9.94. The number of aliphatic hydroxyl groups is 1. The normalized spacial score (nSPS) is 18.2. The summed E-state index contributed by atoms with van der Waals surface area (Å²) in [5.41, 5.74) is -0.579. The van der Waals surface area contributed by atoms with Gasteiger partial charge in [-0.2, -0.15) is 0 Å². The first kappa shape index (κ1) is 37.5. The number of nitrogens with zero attached hydrogens (tertiary/aromatic N) is 1. The summed E-state index contributed by atoms with van der Waals surface area (Å²) in [7, 11) is 0. The Morgan fingerprint density at radius 2 is 1.79 bits per heavy atom. The van der Waals surface area contributed by atoms with Gasteiger partial charge in [0.2, 0.25) is 12.3 Å². The van der Waals surface area contributed by atoms with Crippen molar-refractivity contribution in [2.24, 2.45) is 5.92 Å². The van der Waals surface area contributed by atoms with Gasteiger partial charge in [-0.1, -0.05) is 52.7 Å². The molecule has 4 unspecified atom stereocenters. The van der Waals surface area contributed by atoms with Crippen LogP contribution in [0.4, 0.5) is 4.79 Å². The third-order valence-corrected chi connectivity index (χ3v) is 5.38. The molecule has 3 N–H and O–H groups in total. The Balaban J connectivity index is 0. The summed E-state index contributed by atoms with van der Waals surface area (Å²) in [6.45, 7) is 17.5. The van der Waals surface area contributed by atoms with Crippen LogP contribution in [0.2, 0.25) is 0 Å². The quantitative estimate of drug-likeness (QED) is 0.147. The Kier molecular flexibility index (Phi) is 21.1. The van der Waals surface area contributed by atoms with E-state index in [1.807, 2.05) is 33.8 Å². The van der Waals surface area contributed by atoms with E-state index < -0.39 is 23.8 Å². The van der Waals surface area contributed by atoms with E-state index in [2.05, 4.69) is 23.6 Å². The van der Waals surface area contributed by atoms with Crippen LogP contribution in [0.3, 0.4) is 0 Å². The van der Waals surface area contributed by atoms with Crippen LogP contribution < -0.4 is 10.6 Å². The van der Waals surface area contributed by atoms with Crippen molar-refractivity contribution in [2.75, 3.05) is 19.7 Å². The molecule has 10 heteroatoms. The Labute approximate surface area is 229 Å². The molecular formula is C28H53N3O7. The molecule has 0 spiro atoms. The van der Waals surface area contributed by atoms with Crippen LogP contribution in [0.5, 0.6) is 0 Å². The molecule has 1 rings (SSSR count). The van der Waals surface area contributed by atoms with Crippen molar-refractivity contribution in [2.45, 2.75) is 118 Å². The smallest absolute Gasteiger partial charge is 0.408 e. The highest BCUT2D eigenvalue weighted by Gasteiger charge is 2.31. The van der Waals surface area contributed by atoms with Gasteiger partial charge < -0.3 is 30.1 Å². The van der Waals surface area contributed by atoms with Gasteiger partial charge in [0, 0.05) is 18.5 Å². The summed E-state index contributed by atoms with van der Waals surface area (Å²) in [5.74, 6) is -0.643. The number of amides is 3. The first-order chi connectivity index (χ1) is 17.9. The summed E-state index contributed by atoms with van der Waals surface area (Å²) in [5, 5.41) is 14.4. The molecule has 3 amide bonds. The molecule has 0 aromatic heterocycles. The maximum Gasteiger partial charge on any atom is 0.408 e. The van der Waals surface area contributed by atoms with Crippen LogP contribution in [0.25, 0.3) is 0 Å². The predicted octanol–water partition coefficient (Wildman–Crippen LogP) is 3.96. The molecule has 0 bridgehead atoms. The number of hydrogen-bond acceptors (Lipinski definition) is 7. The van der Waals surface area contributed by atoms with E-state index >= 15 is 0 Å². The first-order valence-electron chi connectivity index (χ1n) is 13.8. The van der Waals surface area contributed by atoms with Crippen LogP contribution in [-0.4, -0.2) is 77.9 Å². The number of carbonyl (C=O) groups excluding carboxylic acids is 4. The molecule has 4 atom stereocenters. The number of aliphatic hydroxyl groups excluding tert-OH is 1. The van der Waals surface area contributed by atoms with Crippen LogP contribution in [0.1, 0.15) is 94.4 Å². The van der Waals surface area contributed by atoms with Crippen molar-refractivity contribution in [3.8, 4) is 0 Å². The van der Waals surface area contributed by atoms with E-state index in [4.69, 9.17) is 9.47 Å². The zero-order chi connectivity index (χ0) is 29.7. The molecule has 10 nitrogen and oxygen atoms in total. The molecule has 1 aliphatic heterocycles. The first-order valence-corrected chi connectivity index (χ1v) is 13.8. The average Bonchev–Trinajstić information content (AvgIpc) is 3.19. The maximum atomic E-state index is 11.8. The number of β-amino-alcohol motifs (C(OH)–C–C–N with tert-alkyl or cyclic N) is 1. The average molecular weight is 544 g/mol. The fourth-order valence-electron chi connectivity index (χ4n) is 3.59. The molecule has 0 aromatic carbocycles. The lowest BCUT2D eigenvalue weighted by Gasteiger charge is -2.23. The minimum Gasteiger partial charge on any atom is -0.464 e. The van der Waals surface area contributed by atoms with Crippen molar-refractivity contribution in [3.63, 3.8) is 0 Å². The third-order valence-electron chi connectivity index (χ3n) is 5.38. The topological polar surface area (TPSA) is 134 Å².